The summed E-state index contributed by atoms with van der Waals surface area (Å²) in [5, 5.41) is 2.82. The average Bonchev–Trinajstić information content (AvgIpc) is 3.24. The molecule has 0 bridgehead atoms. The first-order chi connectivity index (χ1) is 14.2. The Labute approximate surface area is 168 Å². The topological polar surface area (TPSA) is 77.1 Å². The first-order valence-corrected chi connectivity index (χ1v) is 9.94. The molecule has 2 amide bonds. The van der Waals surface area contributed by atoms with Gasteiger partial charge < -0.3 is 24.4 Å². The Bertz CT molecular complexity index is 960. The summed E-state index contributed by atoms with van der Waals surface area (Å²) in [6.07, 6.45) is 0.998. The van der Waals surface area contributed by atoms with Gasteiger partial charge in [-0.05, 0) is 42.7 Å². The summed E-state index contributed by atoms with van der Waals surface area (Å²) in [4.78, 5) is 27.3. The lowest BCUT2D eigenvalue weighted by Crippen LogP contribution is -2.42. The Kier molecular flexibility index (Phi) is 4.50. The summed E-state index contributed by atoms with van der Waals surface area (Å²) < 4.78 is 17.1. The van der Waals surface area contributed by atoms with Crippen LogP contribution >= 0.6 is 0 Å². The van der Waals surface area contributed by atoms with Gasteiger partial charge in [0.1, 0.15) is 19.0 Å². The predicted molar refractivity (Wildman–Crippen MR) is 105 cm³/mol. The molecule has 29 heavy (non-hydrogen) atoms. The SMILES string of the molecule is O=C1Nc2ccccc2O[C@@H]1CC(=O)N1CCC[C@@H]1c1ccc2c(c1)OCCO2. The summed E-state index contributed by atoms with van der Waals surface area (Å²) in [5.74, 6) is 1.69. The van der Waals surface area contributed by atoms with Crippen LogP contribution in [0.15, 0.2) is 42.5 Å². The zero-order valence-corrected chi connectivity index (χ0v) is 15.9. The minimum atomic E-state index is -0.820. The molecule has 2 aromatic carbocycles. The largest absolute Gasteiger partial charge is 0.486 e. The molecule has 7 heteroatoms. The van der Waals surface area contributed by atoms with Gasteiger partial charge in [0.2, 0.25) is 5.91 Å². The van der Waals surface area contributed by atoms with Crippen LogP contribution in [0.5, 0.6) is 17.2 Å². The molecule has 2 atom stereocenters. The van der Waals surface area contributed by atoms with E-state index in [9.17, 15) is 9.59 Å². The van der Waals surface area contributed by atoms with Crippen molar-refractivity contribution in [1.82, 2.24) is 4.90 Å². The smallest absolute Gasteiger partial charge is 0.266 e. The number of ether oxygens (including phenoxy) is 3. The molecule has 0 spiro atoms. The summed E-state index contributed by atoms with van der Waals surface area (Å²) in [5.41, 5.74) is 1.66. The van der Waals surface area contributed by atoms with Gasteiger partial charge in [0.05, 0.1) is 18.2 Å². The zero-order valence-electron chi connectivity index (χ0n) is 15.9. The number of rotatable bonds is 3. The first-order valence-electron chi connectivity index (χ1n) is 9.94. The molecule has 3 aliphatic heterocycles. The van der Waals surface area contributed by atoms with E-state index >= 15 is 0 Å². The van der Waals surface area contributed by atoms with Crippen LogP contribution in [-0.2, 0) is 9.59 Å². The number of fused-ring (bicyclic) bond motifs is 2. The van der Waals surface area contributed by atoms with Gasteiger partial charge in [0.25, 0.3) is 5.91 Å². The number of anilines is 1. The number of benzene rings is 2. The molecule has 1 N–H and O–H groups in total. The zero-order chi connectivity index (χ0) is 19.8. The van der Waals surface area contributed by atoms with Gasteiger partial charge in [0, 0.05) is 6.54 Å². The first kappa shape index (κ1) is 17.8. The highest BCUT2D eigenvalue weighted by atomic mass is 16.6. The van der Waals surface area contributed by atoms with Gasteiger partial charge in [-0.15, -0.1) is 0 Å². The standard InChI is InChI=1S/C22H22N2O5/c25-21(13-20-22(26)23-15-4-1-2-6-17(15)29-20)24-9-3-5-16(24)14-7-8-18-19(12-14)28-11-10-27-18/h1-2,4,6-8,12,16,20H,3,5,9-11,13H2,(H,23,26)/t16-,20-/m1/s1. The Morgan fingerprint density at radius 1 is 1.07 bits per heavy atom. The van der Waals surface area contributed by atoms with Crippen molar-refractivity contribution in [1.29, 1.82) is 0 Å². The maximum Gasteiger partial charge on any atom is 0.266 e. The van der Waals surface area contributed by atoms with Crippen molar-refractivity contribution in [2.24, 2.45) is 0 Å². The van der Waals surface area contributed by atoms with Crippen LogP contribution in [0.25, 0.3) is 0 Å². The summed E-state index contributed by atoms with van der Waals surface area (Å²) in [6.45, 7) is 1.75. The molecule has 1 fully saturated rings. The van der Waals surface area contributed by atoms with Crippen LogP contribution in [-0.4, -0.2) is 42.6 Å². The number of hydrogen-bond acceptors (Lipinski definition) is 5. The number of amides is 2. The van der Waals surface area contributed by atoms with Crippen molar-refractivity contribution in [3.63, 3.8) is 0 Å². The minimum Gasteiger partial charge on any atom is -0.486 e. The molecule has 1 saturated heterocycles. The summed E-state index contributed by atoms with van der Waals surface area (Å²) >= 11 is 0. The molecule has 0 aliphatic carbocycles. The van der Waals surface area contributed by atoms with Crippen LogP contribution in [0.2, 0.25) is 0 Å². The maximum absolute atomic E-state index is 13.1. The second kappa shape index (κ2) is 7.31. The van der Waals surface area contributed by atoms with E-state index in [0.29, 0.717) is 31.2 Å². The number of carbonyl (C=O) groups is 2. The third-order valence-corrected chi connectivity index (χ3v) is 5.59. The minimum absolute atomic E-state index is 0.0151. The van der Waals surface area contributed by atoms with Crippen molar-refractivity contribution in [3.8, 4) is 17.2 Å². The van der Waals surface area contributed by atoms with E-state index in [2.05, 4.69) is 5.32 Å². The Hall–Kier alpha value is -3.22. The van der Waals surface area contributed by atoms with Crippen LogP contribution in [0, 0.1) is 0 Å². The molecule has 0 aromatic heterocycles. The molecule has 2 aromatic rings. The number of nitrogens with one attached hydrogen (secondary N) is 1. The Morgan fingerprint density at radius 2 is 1.90 bits per heavy atom. The highest BCUT2D eigenvalue weighted by Gasteiger charge is 2.35. The highest BCUT2D eigenvalue weighted by Crippen LogP contribution is 2.38. The molecule has 150 valence electrons. The van der Waals surface area contributed by atoms with Crippen molar-refractivity contribution in [2.45, 2.75) is 31.4 Å². The third-order valence-electron chi connectivity index (χ3n) is 5.59. The highest BCUT2D eigenvalue weighted by molar-refractivity contribution is 6.00. The predicted octanol–water partition coefficient (Wildman–Crippen LogP) is 2.91. The second-order valence-corrected chi connectivity index (χ2v) is 7.44. The van der Waals surface area contributed by atoms with Crippen LogP contribution < -0.4 is 19.5 Å². The molecular weight excluding hydrogens is 372 g/mol. The molecule has 0 unspecified atom stereocenters. The van der Waals surface area contributed by atoms with E-state index in [4.69, 9.17) is 14.2 Å². The van der Waals surface area contributed by atoms with E-state index in [1.807, 2.05) is 35.2 Å². The van der Waals surface area contributed by atoms with Crippen molar-refractivity contribution in [3.05, 3.63) is 48.0 Å². The van der Waals surface area contributed by atoms with Crippen LogP contribution in [0.3, 0.4) is 0 Å². The van der Waals surface area contributed by atoms with Gasteiger partial charge >= 0.3 is 0 Å². The van der Waals surface area contributed by atoms with Gasteiger partial charge in [0.15, 0.2) is 17.6 Å². The van der Waals surface area contributed by atoms with E-state index in [0.717, 1.165) is 29.9 Å². The molecule has 7 nitrogen and oxygen atoms in total. The Balaban J connectivity index is 1.31. The third kappa shape index (κ3) is 3.37. The fourth-order valence-electron chi connectivity index (χ4n) is 4.18. The average molecular weight is 394 g/mol. The number of para-hydroxylation sites is 2. The fraction of sp³-hybridized carbons (Fsp3) is 0.364. The molecular formula is C22H22N2O5. The molecule has 5 rings (SSSR count). The monoisotopic (exact) mass is 394 g/mol. The van der Waals surface area contributed by atoms with Gasteiger partial charge in [-0.2, -0.15) is 0 Å². The summed E-state index contributed by atoms with van der Waals surface area (Å²) in [7, 11) is 0. The molecule has 3 aliphatic rings. The lowest BCUT2D eigenvalue weighted by molar-refractivity contribution is -0.137. The van der Waals surface area contributed by atoms with E-state index in [1.165, 1.54) is 0 Å². The van der Waals surface area contributed by atoms with Gasteiger partial charge in [-0.25, -0.2) is 0 Å². The number of carbonyl (C=O) groups excluding carboxylic acids is 2. The van der Waals surface area contributed by atoms with E-state index in [1.54, 1.807) is 12.1 Å². The lowest BCUT2D eigenvalue weighted by atomic mass is 10.0. The number of hydrogen-bond donors (Lipinski definition) is 1. The second-order valence-electron chi connectivity index (χ2n) is 7.44. The quantitative estimate of drug-likeness (QED) is 0.866. The van der Waals surface area contributed by atoms with Crippen molar-refractivity contribution in [2.75, 3.05) is 25.1 Å². The Morgan fingerprint density at radius 3 is 2.79 bits per heavy atom. The molecule has 0 radical (unpaired) electrons. The van der Waals surface area contributed by atoms with Gasteiger partial charge in [-0.1, -0.05) is 18.2 Å². The summed E-state index contributed by atoms with van der Waals surface area (Å²) in [6, 6.07) is 13.1. The fourth-order valence-corrected chi connectivity index (χ4v) is 4.18. The maximum atomic E-state index is 13.1. The number of nitrogens with zero attached hydrogens (tertiary/aromatic N) is 1. The molecule has 3 heterocycles. The normalized spacial score (nSPS) is 22.5. The van der Waals surface area contributed by atoms with Crippen LogP contribution in [0.1, 0.15) is 30.9 Å². The number of likely N-dealkylation sites (tertiary alicyclic amines) is 1. The molecule has 0 saturated carbocycles. The van der Waals surface area contributed by atoms with E-state index < -0.39 is 6.10 Å². The van der Waals surface area contributed by atoms with Crippen molar-refractivity contribution >= 4 is 17.5 Å². The van der Waals surface area contributed by atoms with Crippen LogP contribution in [0.4, 0.5) is 5.69 Å². The van der Waals surface area contributed by atoms with E-state index in [-0.39, 0.29) is 24.3 Å². The van der Waals surface area contributed by atoms with Gasteiger partial charge in [-0.3, -0.25) is 9.59 Å². The lowest BCUT2D eigenvalue weighted by Gasteiger charge is -2.30. The van der Waals surface area contributed by atoms with Crippen molar-refractivity contribution < 1.29 is 23.8 Å².